The number of benzene rings is 1. The van der Waals surface area contributed by atoms with Gasteiger partial charge in [0.15, 0.2) is 0 Å². The van der Waals surface area contributed by atoms with E-state index in [0.29, 0.717) is 5.54 Å². The molecule has 0 aliphatic carbocycles. The second-order valence-corrected chi connectivity index (χ2v) is 6.18. The highest BCUT2D eigenvalue weighted by atomic mass is 16.5. The minimum Gasteiger partial charge on any atom is -0.492 e. The lowest BCUT2D eigenvalue weighted by molar-refractivity contribution is 0.143. The molecule has 0 unspecified atom stereocenters. The molecule has 0 spiro atoms. The van der Waals surface area contributed by atoms with Gasteiger partial charge in [0.1, 0.15) is 12.4 Å². The summed E-state index contributed by atoms with van der Waals surface area (Å²) in [5, 5.41) is 3.34. The Balaban J connectivity index is 1.79. The van der Waals surface area contributed by atoms with E-state index in [9.17, 15) is 0 Å². The van der Waals surface area contributed by atoms with Crippen molar-refractivity contribution in [3.05, 3.63) is 29.8 Å². The zero-order valence-corrected chi connectivity index (χ0v) is 13.1. The molecule has 3 nitrogen and oxygen atoms in total. The highest BCUT2D eigenvalue weighted by Gasteiger charge is 2.31. The summed E-state index contributed by atoms with van der Waals surface area (Å²) in [4.78, 5) is 2.54. The van der Waals surface area contributed by atoms with Crippen molar-refractivity contribution < 1.29 is 4.74 Å². The molecule has 1 aliphatic rings. The van der Waals surface area contributed by atoms with Crippen molar-refractivity contribution in [2.45, 2.75) is 45.7 Å². The van der Waals surface area contributed by atoms with Gasteiger partial charge in [-0.15, -0.1) is 0 Å². The van der Waals surface area contributed by atoms with E-state index in [4.69, 9.17) is 4.74 Å². The molecule has 1 N–H and O–H groups in total. The molecule has 0 saturated carbocycles. The third-order valence-corrected chi connectivity index (χ3v) is 4.18. The lowest BCUT2D eigenvalue weighted by atomic mass is 10.0. The van der Waals surface area contributed by atoms with Gasteiger partial charge in [0.25, 0.3) is 0 Å². The van der Waals surface area contributed by atoms with Gasteiger partial charge in [0.05, 0.1) is 0 Å². The third kappa shape index (κ3) is 4.22. The van der Waals surface area contributed by atoms with Crippen molar-refractivity contribution in [1.29, 1.82) is 0 Å². The third-order valence-electron chi connectivity index (χ3n) is 4.18. The number of ether oxygens (including phenoxy) is 1. The summed E-state index contributed by atoms with van der Waals surface area (Å²) in [5.74, 6) is 0.984. The zero-order chi connectivity index (χ0) is 14.4. The Bertz CT molecular complexity index is 417. The van der Waals surface area contributed by atoms with Crippen LogP contribution in [0, 0.1) is 0 Å². The van der Waals surface area contributed by atoms with Crippen LogP contribution in [0.15, 0.2) is 24.3 Å². The van der Waals surface area contributed by atoms with Crippen LogP contribution < -0.4 is 10.1 Å². The number of rotatable bonds is 7. The number of nitrogens with zero attached hydrogens (tertiary/aromatic N) is 1. The van der Waals surface area contributed by atoms with Crippen LogP contribution in [0.3, 0.4) is 0 Å². The van der Waals surface area contributed by atoms with Crippen molar-refractivity contribution in [1.82, 2.24) is 10.2 Å². The molecule has 0 aromatic heterocycles. The molecule has 20 heavy (non-hydrogen) atoms. The Morgan fingerprint density at radius 1 is 1.35 bits per heavy atom. The minimum atomic E-state index is 0.344. The molecule has 0 bridgehead atoms. The standard InChI is InChI=1S/C17H28N2O/c1-4-18-14-15-7-5-8-16(13-15)20-12-11-19-10-6-9-17(19,2)3/h5,7-8,13,18H,4,6,9-12,14H2,1-3H3. The Kier molecular flexibility index (Phi) is 5.44. The summed E-state index contributed by atoms with van der Waals surface area (Å²) in [6, 6.07) is 8.39. The molecule has 1 aromatic rings. The smallest absolute Gasteiger partial charge is 0.119 e. The first-order valence-corrected chi connectivity index (χ1v) is 7.79. The van der Waals surface area contributed by atoms with Crippen LogP contribution in [0.1, 0.15) is 39.2 Å². The fraction of sp³-hybridized carbons (Fsp3) is 0.647. The van der Waals surface area contributed by atoms with E-state index in [1.54, 1.807) is 0 Å². The highest BCUT2D eigenvalue weighted by Crippen LogP contribution is 2.27. The maximum Gasteiger partial charge on any atom is 0.119 e. The molecule has 3 heteroatoms. The Morgan fingerprint density at radius 3 is 2.90 bits per heavy atom. The van der Waals surface area contributed by atoms with Crippen molar-refractivity contribution in [2.24, 2.45) is 0 Å². The summed E-state index contributed by atoms with van der Waals surface area (Å²) in [5.41, 5.74) is 1.63. The number of hydrogen-bond acceptors (Lipinski definition) is 3. The van der Waals surface area contributed by atoms with Crippen molar-refractivity contribution >= 4 is 0 Å². The predicted molar refractivity (Wildman–Crippen MR) is 84.2 cm³/mol. The molecule has 1 heterocycles. The van der Waals surface area contributed by atoms with E-state index in [1.165, 1.54) is 24.9 Å². The second-order valence-electron chi connectivity index (χ2n) is 6.18. The lowest BCUT2D eigenvalue weighted by Crippen LogP contribution is -2.40. The fourth-order valence-corrected chi connectivity index (χ4v) is 2.87. The first-order valence-electron chi connectivity index (χ1n) is 7.79. The van der Waals surface area contributed by atoms with E-state index in [1.807, 2.05) is 6.07 Å². The Labute approximate surface area is 123 Å². The molecule has 1 aromatic carbocycles. The van der Waals surface area contributed by atoms with E-state index in [2.05, 4.69) is 49.2 Å². The maximum absolute atomic E-state index is 5.91. The molecule has 112 valence electrons. The van der Waals surface area contributed by atoms with Crippen LogP contribution in [0.4, 0.5) is 0 Å². The molecular formula is C17H28N2O. The Morgan fingerprint density at radius 2 is 2.20 bits per heavy atom. The molecule has 1 fully saturated rings. The topological polar surface area (TPSA) is 24.5 Å². The summed E-state index contributed by atoms with van der Waals surface area (Å²) < 4.78 is 5.91. The zero-order valence-electron chi connectivity index (χ0n) is 13.1. The van der Waals surface area contributed by atoms with Crippen molar-refractivity contribution in [2.75, 3.05) is 26.2 Å². The Hall–Kier alpha value is -1.06. The van der Waals surface area contributed by atoms with Gasteiger partial charge in [-0.2, -0.15) is 0 Å². The van der Waals surface area contributed by atoms with Crippen LogP contribution in [-0.4, -0.2) is 36.7 Å². The van der Waals surface area contributed by atoms with Crippen LogP contribution in [0.2, 0.25) is 0 Å². The van der Waals surface area contributed by atoms with Crippen molar-refractivity contribution in [3.63, 3.8) is 0 Å². The normalized spacial score (nSPS) is 18.4. The van der Waals surface area contributed by atoms with Gasteiger partial charge in [0.2, 0.25) is 0 Å². The fourth-order valence-electron chi connectivity index (χ4n) is 2.87. The largest absolute Gasteiger partial charge is 0.492 e. The number of likely N-dealkylation sites (tertiary alicyclic amines) is 1. The van der Waals surface area contributed by atoms with E-state index in [0.717, 1.165) is 32.0 Å². The van der Waals surface area contributed by atoms with Gasteiger partial charge in [-0.25, -0.2) is 0 Å². The predicted octanol–water partition coefficient (Wildman–Crippen LogP) is 3.05. The maximum atomic E-state index is 5.91. The quantitative estimate of drug-likeness (QED) is 0.828. The average molecular weight is 276 g/mol. The van der Waals surface area contributed by atoms with E-state index < -0.39 is 0 Å². The lowest BCUT2D eigenvalue weighted by Gasteiger charge is -2.31. The highest BCUT2D eigenvalue weighted by molar-refractivity contribution is 5.28. The molecular weight excluding hydrogens is 248 g/mol. The number of hydrogen-bond donors (Lipinski definition) is 1. The average Bonchev–Trinajstić information content (AvgIpc) is 2.76. The van der Waals surface area contributed by atoms with E-state index in [-0.39, 0.29) is 0 Å². The summed E-state index contributed by atoms with van der Waals surface area (Å²) in [7, 11) is 0. The molecule has 1 saturated heterocycles. The SMILES string of the molecule is CCNCc1cccc(OCCN2CCCC2(C)C)c1. The van der Waals surface area contributed by atoms with Crippen LogP contribution in [-0.2, 0) is 6.54 Å². The molecule has 0 radical (unpaired) electrons. The monoisotopic (exact) mass is 276 g/mol. The molecule has 2 rings (SSSR count). The van der Waals surface area contributed by atoms with Crippen molar-refractivity contribution in [3.8, 4) is 5.75 Å². The second kappa shape index (κ2) is 7.09. The first kappa shape index (κ1) is 15.3. The van der Waals surface area contributed by atoms with Crippen LogP contribution in [0.25, 0.3) is 0 Å². The van der Waals surface area contributed by atoms with Gasteiger partial charge >= 0.3 is 0 Å². The van der Waals surface area contributed by atoms with E-state index >= 15 is 0 Å². The van der Waals surface area contributed by atoms with Gasteiger partial charge in [-0.1, -0.05) is 19.1 Å². The molecule has 0 atom stereocenters. The van der Waals surface area contributed by atoms with Gasteiger partial charge in [-0.05, 0) is 57.5 Å². The molecule has 1 aliphatic heterocycles. The first-order chi connectivity index (χ1) is 9.62. The summed E-state index contributed by atoms with van der Waals surface area (Å²) in [6.07, 6.45) is 2.61. The van der Waals surface area contributed by atoms with Crippen LogP contribution >= 0.6 is 0 Å². The summed E-state index contributed by atoms with van der Waals surface area (Å²) >= 11 is 0. The molecule has 0 amide bonds. The van der Waals surface area contributed by atoms with Gasteiger partial charge < -0.3 is 10.1 Å². The van der Waals surface area contributed by atoms with Gasteiger partial charge in [0, 0.05) is 18.6 Å². The number of nitrogens with one attached hydrogen (secondary N) is 1. The van der Waals surface area contributed by atoms with Crippen LogP contribution in [0.5, 0.6) is 5.75 Å². The summed E-state index contributed by atoms with van der Waals surface area (Å²) in [6.45, 7) is 11.7. The minimum absolute atomic E-state index is 0.344. The van der Waals surface area contributed by atoms with Gasteiger partial charge in [-0.3, -0.25) is 4.90 Å².